The van der Waals surface area contributed by atoms with Gasteiger partial charge in [-0.25, -0.2) is 4.98 Å². The molecule has 73 heavy (non-hydrogen) atoms. The minimum absolute atomic E-state index is 0.0265. The summed E-state index contributed by atoms with van der Waals surface area (Å²) in [5.74, 6) is -2.42. The van der Waals surface area contributed by atoms with Gasteiger partial charge in [0.15, 0.2) is 0 Å². The van der Waals surface area contributed by atoms with Crippen LogP contribution in [0.3, 0.4) is 0 Å². The Morgan fingerprint density at radius 2 is 1.15 bits per heavy atom. The second-order valence-corrected chi connectivity index (χ2v) is 20.4. The Morgan fingerprint density at radius 3 is 1.84 bits per heavy atom. The van der Waals surface area contributed by atoms with Gasteiger partial charge in [-0.1, -0.05) is 206 Å². The van der Waals surface area contributed by atoms with Crippen LogP contribution in [0.5, 0.6) is 5.75 Å². The number of aryl methyl sites for hydroxylation is 1. The largest absolute Gasteiger partial charge is 0.507 e. The number of pyridine rings is 1. The lowest BCUT2D eigenvalue weighted by Gasteiger charge is -2.28. The first-order chi connectivity index (χ1) is 48.3. The number of hydrogen-bond acceptors (Lipinski definition) is 3. The molecule has 0 saturated carbocycles. The van der Waals surface area contributed by atoms with E-state index < -0.39 is 165 Å². The van der Waals surface area contributed by atoms with Gasteiger partial charge in [-0.3, -0.25) is 9.55 Å². The molecule has 9 rings (SSSR count). The van der Waals surface area contributed by atoms with E-state index in [4.69, 9.17) is 44.7 Å². The number of aromatic hydroxyl groups is 1. The third kappa shape index (κ3) is 10.1. The molecule has 0 spiro atoms. The number of imidazole rings is 1. The summed E-state index contributed by atoms with van der Waals surface area (Å²) < 4.78 is 300. The number of aromatic nitrogens is 3. The number of hydrogen-bond donors (Lipinski definition) is 1. The number of rotatable bonds is 7. The highest BCUT2D eigenvalue weighted by Gasteiger charge is 2.30. The van der Waals surface area contributed by atoms with Gasteiger partial charge in [-0.15, -0.1) is 0 Å². The van der Waals surface area contributed by atoms with Gasteiger partial charge in [0.1, 0.15) is 11.6 Å². The van der Waals surface area contributed by atoms with Crippen LogP contribution in [0.15, 0.2) is 158 Å². The number of phenolic OH excluding ortho intramolecular Hbond substituents is 1. The van der Waals surface area contributed by atoms with Crippen molar-refractivity contribution in [2.45, 2.75) is 137 Å². The van der Waals surface area contributed by atoms with E-state index in [1.165, 1.54) is 48.7 Å². The zero-order valence-electron chi connectivity index (χ0n) is 75.0. The van der Waals surface area contributed by atoms with Crippen LogP contribution in [0.4, 0.5) is 0 Å². The molecule has 9 aromatic rings. The third-order valence-corrected chi connectivity index (χ3v) is 12.8. The lowest BCUT2D eigenvalue weighted by atomic mass is 9.78. The normalized spacial score (nSPS) is 21.3. The molecule has 0 fully saturated rings. The molecular weight excluding hydrogens is 887 g/mol. The van der Waals surface area contributed by atoms with Gasteiger partial charge in [0.25, 0.3) is 0 Å². The van der Waals surface area contributed by atoms with Gasteiger partial charge in [-0.05, 0) is 149 Å². The zero-order valence-corrected chi connectivity index (χ0v) is 41.0. The second kappa shape index (κ2) is 18.5. The zero-order chi connectivity index (χ0) is 81.1. The molecule has 0 amide bonds. The van der Waals surface area contributed by atoms with Gasteiger partial charge < -0.3 is 5.11 Å². The number of benzene rings is 7. The lowest BCUT2D eigenvalue weighted by molar-refractivity contribution is 0.446. The van der Waals surface area contributed by atoms with Crippen molar-refractivity contribution in [3.8, 4) is 78.6 Å². The van der Waals surface area contributed by atoms with E-state index in [-0.39, 0.29) is 50.7 Å². The van der Waals surface area contributed by atoms with Crippen molar-refractivity contribution in [1.82, 2.24) is 14.5 Å². The topological polar surface area (TPSA) is 50.9 Å². The molecule has 0 saturated heterocycles. The van der Waals surface area contributed by atoms with Crippen molar-refractivity contribution in [1.29, 1.82) is 0 Å². The molecule has 4 heteroatoms. The number of para-hydroxylation sites is 1. The van der Waals surface area contributed by atoms with Crippen LogP contribution in [0.1, 0.15) is 183 Å². The van der Waals surface area contributed by atoms with E-state index in [2.05, 4.69) is 4.98 Å². The minimum atomic E-state index is -4.36. The van der Waals surface area contributed by atoms with Crippen LogP contribution in [0, 0.1) is 6.85 Å². The summed E-state index contributed by atoms with van der Waals surface area (Å²) in [5.41, 5.74) is -17.3. The van der Waals surface area contributed by atoms with Crippen LogP contribution in [0.2, 0.25) is 0 Å². The molecule has 0 aliphatic carbocycles. The molecule has 1 N–H and O–H groups in total. The molecule has 0 radical (unpaired) electrons. The summed E-state index contributed by atoms with van der Waals surface area (Å²) in [6.45, 7) is -29.5. The first-order valence-electron chi connectivity index (χ1n) is 40.3. The maximum Gasteiger partial charge on any atom is 0.149 e. The SMILES string of the molecule is [2H]c1c([2H])c(C(C([2H])([2H])[2H])(C([2H])([2H])[2H])C([2H])([2H])[2H])c([2H])c([2H])c1-c1ccnc(-c2cc(-c3cccc4c3nc(-c3cc(C(C([2H])([2H])[2H])(C([2H])([2H])[2H])C([2H])([2H])[2H])cc(C(C([2H])([2H])[2H])(C([2H])([2H])[2H])C([2H])([2H])[2H])c3O)n4-c3ccc(-c4c(-c5ccccc5)cccc4C(C)(C)C)cc3C([2H])([2H])[2H])cc(C(C)(C)C)c2)c1. The molecule has 2 heterocycles. The summed E-state index contributed by atoms with van der Waals surface area (Å²) in [7, 11) is 0. The molecule has 4 nitrogen and oxygen atoms in total. The monoisotopic (exact) mass is 996 g/mol. The van der Waals surface area contributed by atoms with E-state index in [1.54, 1.807) is 24.3 Å². The smallest absolute Gasteiger partial charge is 0.149 e. The predicted octanol–water partition coefficient (Wildman–Crippen LogP) is 18.9. The van der Waals surface area contributed by atoms with Crippen molar-refractivity contribution >= 4 is 11.0 Å². The molecule has 0 bridgehead atoms. The van der Waals surface area contributed by atoms with Crippen molar-refractivity contribution in [2.75, 3.05) is 0 Å². The van der Waals surface area contributed by atoms with E-state index in [1.807, 2.05) is 90.1 Å². The van der Waals surface area contributed by atoms with Crippen molar-refractivity contribution in [3.05, 3.63) is 191 Å². The van der Waals surface area contributed by atoms with Gasteiger partial charge in [-0.2, -0.15) is 0 Å². The van der Waals surface area contributed by atoms with Gasteiger partial charge >= 0.3 is 0 Å². The van der Waals surface area contributed by atoms with E-state index in [0.717, 1.165) is 15.7 Å². The summed E-state index contributed by atoms with van der Waals surface area (Å²) >= 11 is 0. The molecular formula is C69H75N3O. The van der Waals surface area contributed by atoms with Crippen LogP contribution < -0.4 is 0 Å². The highest BCUT2D eigenvalue weighted by atomic mass is 16.3. The first kappa shape index (κ1) is 23.9. The first-order valence-corrected chi connectivity index (χ1v) is 23.3. The van der Waals surface area contributed by atoms with E-state index >= 15 is 0 Å². The molecule has 7 aromatic carbocycles. The molecule has 2 aromatic heterocycles. The van der Waals surface area contributed by atoms with Crippen LogP contribution in [0.25, 0.3) is 83.9 Å². The molecule has 0 aliphatic heterocycles. The number of fused-ring (bicyclic) bond motifs is 1. The Balaban J connectivity index is 1.48. The van der Waals surface area contributed by atoms with E-state index in [9.17, 15) is 12.0 Å². The van der Waals surface area contributed by atoms with Gasteiger partial charge in [0.05, 0.1) is 33.5 Å². The standard InChI is InChI=1S/C69H75N3O/c1-43-36-47(61-53(45-22-18-17-19-23-45)24-20-26-56(61)68(11,12)13)30-33-59(43)72-60-27-21-25-54(62(60)71-64(72)55-41-52(67(8,9)10)42-57(63(55)73)69(14,15)16)48-37-49(39-51(38-48)66(5,6)7)58-40-46(34-35-70-58)44-28-31-50(32-29-44)65(2,3)4/h17-42,73H,1-16H3/i1D3,2D3,3D3,4D3,8D3,9D3,10D3,14D3,15D3,16D3,28D,29D,31D,32D. The molecule has 0 aliphatic rings. The summed E-state index contributed by atoms with van der Waals surface area (Å²) in [6, 6.07) is 26.9. The number of phenols is 1. The Bertz CT molecular complexity index is 4790. The lowest BCUT2D eigenvalue weighted by Crippen LogP contribution is -2.17. The molecule has 0 atom stereocenters. The third-order valence-electron chi connectivity index (χ3n) is 12.8. The Morgan fingerprint density at radius 1 is 0.479 bits per heavy atom. The Labute approximate surface area is 484 Å². The van der Waals surface area contributed by atoms with E-state index in [0.29, 0.717) is 28.3 Å². The van der Waals surface area contributed by atoms with Crippen LogP contribution in [-0.4, -0.2) is 19.6 Å². The fourth-order valence-corrected chi connectivity index (χ4v) is 9.05. The highest BCUT2D eigenvalue weighted by Crippen LogP contribution is 2.47. The molecule has 0 unspecified atom stereocenters. The molecule has 372 valence electrons. The maximum absolute atomic E-state index is 13.3. The maximum atomic E-state index is 13.3. The van der Waals surface area contributed by atoms with Crippen molar-refractivity contribution in [2.24, 2.45) is 0 Å². The van der Waals surface area contributed by atoms with Crippen molar-refractivity contribution < 1.29 is 51.7 Å². The van der Waals surface area contributed by atoms with Crippen LogP contribution >= 0.6 is 0 Å². The Hall–Kier alpha value is -7.04. The van der Waals surface area contributed by atoms with Crippen LogP contribution in [-0.2, 0) is 27.1 Å². The summed E-state index contributed by atoms with van der Waals surface area (Å²) in [5, 5.41) is 13.3. The Kier molecular flexibility index (Phi) is 6.04. The summed E-state index contributed by atoms with van der Waals surface area (Å²) in [4.78, 5) is 9.65. The van der Waals surface area contributed by atoms with Crippen molar-refractivity contribution in [3.63, 3.8) is 0 Å². The number of nitrogens with zero attached hydrogens (tertiary/aromatic N) is 3. The summed E-state index contributed by atoms with van der Waals surface area (Å²) in [6.07, 6.45) is 1.21. The quantitative estimate of drug-likeness (QED) is 0.173. The fraction of sp³-hybridized carbons (Fsp3) is 0.304. The average molecular weight is 997 g/mol. The predicted molar refractivity (Wildman–Crippen MR) is 311 cm³/mol. The second-order valence-electron chi connectivity index (χ2n) is 20.4. The van der Waals surface area contributed by atoms with Gasteiger partial charge in [0.2, 0.25) is 0 Å². The average Bonchev–Trinajstić information content (AvgIpc) is 0.896. The fourth-order valence-electron chi connectivity index (χ4n) is 9.05. The minimum Gasteiger partial charge on any atom is -0.507 e. The highest BCUT2D eigenvalue weighted by molar-refractivity contribution is 5.97. The van der Waals surface area contributed by atoms with Gasteiger partial charge in [0, 0.05) is 64.0 Å².